The molecule has 0 radical (unpaired) electrons. The molecule has 0 aliphatic carbocycles. The molecular weight excluding hydrogens is 312 g/mol. The molecule has 25 heavy (non-hydrogen) atoms. The largest absolute Gasteiger partial charge is 0.363 e. The Kier molecular flexibility index (Phi) is 5.04. The number of hydrogen-bond acceptors (Lipinski definition) is 4. The number of rotatable bonds is 5. The normalized spacial score (nSPS) is 11.6. The van der Waals surface area contributed by atoms with Crippen LogP contribution in [0.3, 0.4) is 0 Å². The standard InChI is InChI=1S/C20H20N4O/c1-14-8-10-17(11-9-14)24-20(25)18-12-19(22-13-21-18)23-15(2)16-6-4-3-5-7-16/h3-13,15H,1-2H3,(H,24,25)(H,21,22,23). The van der Waals surface area contributed by atoms with Gasteiger partial charge < -0.3 is 10.6 Å². The first kappa shape index (κ1) is 16.6. The van der Waals surface area contributed by atoms with Crippen LogP contribution < -0.4 is 10.6 Å². The zero-order valence-corrected chi connectivity index (χ0v) is 14.2. The molecule has 0 fully saturated rings. The van der Waals surface area contributed by atoms with E-state index in [0.717, 1.165) is 16.8 Å². The van der Waals surface area contributed by atoms with Crippen LogP contribution in [-0.4, -0.2) is 15.9 Å². The first-order chi connectivity index (χ1) is 12.1. The Morgan fingerprint density at radius 2 is 1.72 bits per heavy atom. The Bertz CT molecular complexity index is 847. The Hall–Kier alpha value is -3.21. The molecule has 1 amide bonds. The predicted molar refractivity (Wildman–Crippen MR) is 99.6 cm³/mol. The van der Waals surface area contributed by atoms with E-state index in [2.05, 4.69) is 20.6 Å². The van der Waals surface area contributed by atoms with E-state index in [1.165, 1.54) is 6.33 Å². The van der Waals surface area contributed by atoms with E-state index in [9.17, 15) is 4.79 Å². The third kappa shape index (κ3) is 4.41. The van der Waals surface area contributed by atoms with Gasteiger partial charge in [0.1, 0.15) is 17.8 Å². The van der Waals surface area contributed by atoms with Gasteiger partial charge in [-0.05, 0) is 31.5 Å². The molecule has 2 aromatic carbocycles. The molecule has 5 nitrogen and oxygen atoms in total. The molecule has 1 atom stereocenters. The summed E-state index contributed by atoms with van der Waals surface area (Å²) in [5.41, 5.74) is 3.34. The number of benzene rings is 2. The first-order valence-electron chi connectivity index (χ1n) is 8.13. The number of aryl methyl sites for hydroxylation is 1. The third-order valence-electron chi connectivity index (χ3n) is 3.87. The molecule has 0 aliphatic heterocycles. The molecule has 126 valence electrons. The predicted octanol–water partition coefficient (Wildman–Crippen LogP) is 4.21. The van der Waals surface area contributed by atoms with Crippen molar-refractivity contribution in [2.45, 2.75) is 19.9 Å². The number of nitrogens with zero attached hydrogens (tertiary/aromatic N) is 2. The molecule has 3 rings (SSSR count). The van der Waals surface area contributed by atoms with E-state index in [0.29, 0.717) is 11.5 Å². The number of aromatic nitrogens is 2. The van der Waals surface area contributed by atoms with Gasteiger partial charge in [-0.3, -0.25) is 4.79 Å². The molecule has 3 aromatic rings. The van der Waals surface area contributed by atoms with Gasteiger partial charge >= 0.3 is 0 Å². The summed E-state index contributed by atoms with van der Waals surface area (Å²) in [6.45, 7) is 4.05. The second kappa shape index (κ2) is 7.57. The minimum atomic E-state index is -0.262. The third-order valence-corrected chi connectivity index (χ3v) is 3.87. The molecule has 1 aromatic heterocycles. The average Bonchev–Trinajstić information content (AvgIpc) is 2.64. The number of hydrogen-bond donors (Lipinski definition) is 2. The van der Waals surface area contributed by atoms with Crippen LogP contribution in [0.25, 0.3) is 0 Å². The van der Waals surface area contributed by atoms with Crippen molar-refractivity contribution in [3.05, 3.63) is 83.8 Å². The zero-order valence-electron chi connectivity index (χ0n) is 14.2. The highest BCUT2D eigenvalue weighted by molar-refractivity contribution is 6.03. The average molecular weight is 332 g/mol. The monoisotopic (exact) mass is 332 g/mol. The Morgan fingerprint density at radius 3 is 2.44 bits per heavy atom. The summed E-state index contributed by atoms with van der Waals surface area (Å²) < 4.78 is 0. The van der Waals surface area contributed by atoms with Crippen molar-refractivity contribution in [1.82, 2.24) is 9.97 Å². The molecule has 0 spiro atoms. The fraction of sp³-hybridized carbons (Fsp3) is 0.150. The fourth-order valence-corrected chi connectivity index (χ4v) is 2.44. The van der Waals surface area contributed by atoms with Crippen molar-refractivity contribution in [2.24, 2.45) is 0 Å². The van der Waals surface area contributed by atoms with Gasteiger partial charge in [-0.1, -0.05) is 48.0 Å². The highest BCUT2D eigenvalue weighted by Crippen LogP contribution is 2.18. The Labute approximate surface area is 147 Å². The maximum atomic E-state index is 12.4. The van der Waals surface area contributed by atoms with Crippen LogP contribution in [0.15, 0.2) is 67.0 Å². The van der Waals surface area contributed by atoms with Crippen molar-refractivity contribution in [2.75, 3.05) is 10.6 Å². The van der Waals surface area contributed by atoms with Crippen molar-refractivity contribution < 1.29 is 4.79 Å². The molecule has 0 aliphatic rings. The second-order valence-electron chi connectivity index (χ2n) is 5.89. The van der Waals surface area contributed by atoms with Crippen LogP contribution >= 0.6 is 0 Å². The molecule has 2 N–H and O–H groups in total. The summed E-state index contributed by atoms with van der Waals surface area (Å²) in [5, 5.41) is 6.13. The topological polar surface area (TPSA) is 66.9 Å². The number of nitrogens with one attached hydrogen (secondary N) is 2. The molecule has 0 saturated heterocycles. The lowest BCUT2D eigenvalue weighted by Crippen LogP contribution is -2.15. The lowest BCUT2D eigenvalue weighted by Gasteiger charge is -2.15. The number of anilines is 2. The van der Waals surface area contributed by atoms with Gasteiger partial charge in [-0.15, -0.1) is 0 Å². The van der Waals surface area contributed by atoms with Gasteiger partial charge in [0.05, 0.1) is 0 Å². The summed E-state index contributed by atoms with van der Waals surface area (Å²) in [4.78, 5) is 20.7. The van der Waals surface area contributed by atoms with Gasteiger partial charge in [0.2, 0.25) is 0 Å². The SMILES string of the molecule is Cc1ccc(NC(=O)c2cc(NC(C)c3ccccc3)ncn2)cc1. The van der Waals surface area contributed by atoms with Gasteiger partial charge in [0.25, 0.3) is 5.91 Å². The lowest BCUT2D eigenvalue weighted by molar-refractivity contribution is 0.102. The van der Waals surface area contributed by atoms with Crippen LogP contribution in [0.1, 0.15) is 34.6 Å². The Balaban J connectivity index is 1.70. The summed E-state index contributed by atoms with van der Waals surface area (Å²) in [6, 6.07) is 19.4. The summed E-state index contributed by atoms with van der Waals surface area (Å²) in [5.74, 6) is 0.349. The van der Waals surface area contributed by atoms with E-state index in [4.69, 9.17) is 0 Å². The molecule has 0 saturated carbocycles. The number of carbonyl (C=O) groups excluding carboxylic acids is 1. The van der Waals surface area contributed by atoms with Crippen molar-refractivity contribution >= 4 is 17.4 Å². The van der Waals surface area contributed by atoms with Crippen LogP contribution in [0, 0.1) is 6.92 Å². The smallest absolute Gasteiger partial charge is 0.274 e. The van der Waals surface area contributed by atoms with Crippen LogP contribution in [0.5, 0.6) is 0 Å². The van der Waals surface area contributed by atoms with E-state index in [1.54, 1.807) is 6.07 Å². The van der Waals surface area contributed by atoms with Crippen LogP contribution in [0.2, 0.25) is 0 Å². The minimum Gasteiger partial charge on any atom is -0.363 e. The molecular formula is C20H20N4O. The van der Waals surface area contributed by atoms with Crippen LogP contribution in [-0.2, 0) is 0 Å². The highest BCUT2D eigenvalue weighted by atomic mass is 16.1. The summed E-state index contributed by atoms with van der Waals surface area (Å²) in [7, 11) is 0. The van der Waals surface area contributed by atoms with Crippen molar-refractivity contribution in [3.8, 4) is 0 Å². The van der Waals surface area contributed by atoms with Crippen LogP contribution in [0.4, 0.5) is 11.5 Å². The molecule has 0 bridgehead atoms. The number of amides is 1. The molecule has 5 heteroatoms. The minimum absolute atomic E-state index is 0.0732. The van der Waals surface area contributed by atoms with Gasteiger partial charge in [-0.25, -0.2) is 9.97 Å². The Morgan fingerprint density at radius 1 is 1.00 bits per heavy atom. The molecule has 1 unspecified atom stereocenters. The maximum absolute atomic E-state index is 12.4. The van der Waals surface area contributed by atoms with Gasteiger partial charge in [0, 0.05) is 17.8 Å². The van der Waals surface area contributed by atoms with Crippen molar-refractivity contribution in [3.63, 3.8) is 0 Å². The lowest BCUT2D eigenvalue weighted by atomic mass is 10.1. The van der Waals surface area contributed by atoms with Crippen molar-refractivity contribution in [1.29, 1.82) is 0 Å². The molecule has 1 heterocycles. The van der Waals surface area contributed by atoms with E-state index < -0.39 is 0 Å². The summed E-state index contributed by atoms with van der Waals surface area (Å²) >= 11 is 0. The second-order valence-corrected chi connectivity index (χ2v) is 5.89. The fourth-order valence-electron chi connectivity index (χ4n) is 2.44. The van der Waals surface area contributed by atoms with E-state index in [1.807, 2.05) is 68.4 Å². The maximum Gasteiger partial charge on any atom is 0.274 e. The quantitative estimate of drug-likeness (QED) is 0.734. The van der Waals surface area contributed by atoms with E-state index in [-0.39, 0.29) is 11.9 Å². The number of carbonyl (C=O) groups is 1. The van der Waals surface area contributed by atoms with Gasteiger partial charge in [-0.2, -0.15) is 0 Å². The van der Waals surface area contributed by atoms with Gasteiger partial charge in [0.15, 0.2) is 0 Å². The summed E-state index contributed by atoms with van der Waals surface area (Å²) in [6.07, 6.45) is 1.39. The highest BCUT2D eigenvalue weighted by Gasteiger charge is 2.11. The first-order valence-corrected chi connectivity index (χ1v) is 8.13. The van der Waals surface area contributed by atoms with E-state index >= 15 is 0 Å². The zero-order chi connectivity index (χ0) is 17.6.